The number of ether oxygens (including phenoxy) is 5. The molecule has 1 aromatic rings. The summed E-state index contributed by atoms with van der Waals surface area (Å²) in [5, 5.41) is 2.94. The van der Waals surface area contributed by atoms with Crippen LogP contribution in [0.4, 0.5) is 0 Å². The number of hydrogen-bond donors (Lipinski definition) is 3. The monoisotopic (exact) mass is 452 g/mol. The Kier molecular flexibility index (Phi) is 11.4. The fourth-order valence-electron chi connectivity index (χ4n) is 3.59. The van der Waals surface area contributed by atoms with Crippen LogP contribution in [0.5, 0.6) is 0 Å². The predicted molar refractivity (Wildman–Crippen MR) is 120 cm³/mol. The van der Waals surface area contributed by atoms with Gasteiger partial charge in [-0.05, 0) is 19.4 Å². The lowest BCUT2D eigenvalue weighted by molar-refractivity contribution is -0.282. The highest BCUT2D eigenvalue weighted by molar-refractivity contribution is 5.78. The topological polar surface area (TPSA) is 140 Å². The molecule has 2 rings (SSSR count). The highest BCUT2D eigenvalue weighted by Crippen LogP contribution is 2.27. The Labute approximate surface area is 189 Å². The summed E-state index contributed by atoms with van der Waals surface area (Å²) in [6.45, 7) is 5.49. The minimum Gasteiger partial charge on any atom is -0.376 e. The lowest BCUT2D eigenvalue weighted by atomic mass is 9.96. The van der Waals surface area contributed by atoms with E-state index >= 15 is 0 Å². The van der Waals surface area contributed by atoms with E-state index in [0.29, 0.717) is 19.8 Å². The van der Waals surface area contributed by atoms with Gasteiger partial charge < -0.3 is 40.5 Å². The summed E-state index contributed by atoms with van der Waals surface area (Å²) >= 11 is 0. The first-order chi connectivity index (χ1) is 15.5. The van der Waals surface area contributed by atoms with E-state index in [-0.39, 0.29) is 31.4 Å². The van der Waals surface area contributed by atoms with Crippen molar-refractivity contribution in [3.05, 3.63) is 35.9 Å². The molecule has 10 heteroatoms. The van der Waals surface area contributed by atoms with Crippen molar-refractivity contribution in [2.75, 3.05) is 33.5 Å². The molecule has 5 atom stereocenters. The van der Waals surface area contributed by atoms with Crippen LogP contribution in [0.1, 0.15) is 25.8 Å². The largest absolute Gasteiger partial charge is 0.376 e. The highest BCUT2D eigenvalue weighted by atomic mass is 16.7. The molecule has 1 amide bonds. The van der Waals surface area contributed by atoms with E-state index in [1.165, 1.54) is 0 Å². The molecule has 0 aliphatic carbocycles. The summed E-state index contributed by atoms with van der Waals surface area (Å²) in [7, 11) is 1.59. The molecular weight excluding hydrogens is 416 g/mol. The van der Waals surface area contributed by atoms with Gasteiger partial charge in [0.05, 0.1) is 19.8 Å². The zero-order chi connectivity index (χ0) is 23.3. The first kappa shape index (κ1) is 26.0. The zero-order valence-corrected chi connectivity index (χ0v) is 19.1. The summed E-state index contributed by atoms with van der Waals surface area (Å²) in [5.74, 6) is -0.303. The standard InChI is InChI=1S/C22H36N4O6/c1-4-30-20-18(26-17(27)11-12-25-22(23)24)21(31-5-2)32-16(19(20)28-3)14-29-13-15-9-7-6-8-10-15/h6-10,16,18-21H,4-5,11-14H2,1-3H3,(H,26,27)(H4,23,24,25)/t16?,18?,19-,20+,21?/m0/s1. The van der Waals surface area contributed by atoms with Gasteiger partial charge in [-0.2, -0.15) is 0 Å². The summed E-state index contributed by atoms with van der Waals surface area (Å²) in [5.41, 5.74) is 11.7. The number of nitrogens with two attached hydrogens (primary N) is 2. The Morgan fingerprint density at radius 2 is 1.84 bits per heavy atom. The molecule has 1 fully saturated rings. The van der Waals surface area contributed by atoms with Crippen LogP contribution in [0.25, 0.3) is 0 Å². The lowest BCUT2D eigenvalue weighted by Gasteiger charge is -2.45. The second-order valence-electron chi connectivity index (χ2n) is 7.27. The van der Waals surface area contributed by atoms with Gasteiger partial charge in [0, 0.05) is 26.7 Å². The van der Waals surface area contributed by atoms with Gasteiger partial charge in [-0.3, -0.25) is 9.79 Å². The van der Waals surface area contributed by atoms with Gasteiger partial charge in [0.2, 0.25) is 5.91 Å². The van der Waals surface area contributed by atoms with Gasteiger partial charge in [-0.1, -0.05) is 30.3 Å². The number of carbonyl (C=O) groups is 1. The van der Waals surface area contributed by atoms with Crippen molar-refractivity contribution in [1.29, 1.82) is 0 Å². The molecule has 0 saturated carbocycles. The second kappa shape index (κ2) is 14.0. The summed E-state index contributed by atoms with van der Waals surface area (Å²) in [4.78, 5) is 16.4. The van der Waals surface area contributed by atoms with Gasteiger partial charge >= 0.3 is 0 Å². The van der Waals surface area contributed by atoms with Crippen LogP contribution < -0.4 is 16.8 Å². The SMILES string of the molecule is CCOC1OC(COCc2ccccc2)[C@H](OC)[C@H](OCC)C1NC(=O)CCN=C(N)N. The first-order valence-corrected chi connectivity index (χ1v) is 10.9. The number of aliphatic imine (C=N–C) groups is 1. The number of benzene rings is 1. The maximum absolute atomic E-state index is 12.5. The Balaban J connectivity index is 2.08. The second-order valence-corrected chi connectivity index (χ2v) is 7.27. The van der Waals surface area contributed by atoms with E-state index in [1.54, 1.807) is 7.11 Å². The maximum atomic E-state index is 12.5. The van der Waals surface area contributed by atoms with Crippen LogP contribution in [0, 0.1) is 0 Å². The third kappa shape index (κ3) is 8.03. The minimum atomic E-state index is -0.722. The number of amides is 1. The molecule has 0 radical (unpaired) electrons. The van der Waals surface area contributed by atoms with E-state index in [9.17, 15) is 4.79 Å². The van der Waals surface area contributed by atoms with Crippen LogP contribution >= 0.6 is 0 Å². The number of hydrogen-bond acceptors (Lipinski definition) is 7. The summed E-state index contributed by atoms with van der Waals surface area (Å²) < 4.78 is 29.6. The van der Waals surface area contributed by atoms with Gasteiger partial charge in [0.1, 0.15) is 24.4 Å². The number of nitrogens with zero attached hydrogens (tertiary/aromatic N) is 1. The average Bonchev–Trinajstić information content (AvgIpc) is 2.77. The molecule has 1 saturated heterocycles. The molecule has 0 spiro atoms. The van der Waals surface area contributed by atoms with Crippen molar-refractivity contribution >= 4 is 11.9 Å². The van der Waals surface area contributed by atoms with Gasteiger partial charge in [-0.25, -0.2) is 0 Å². The van der Waals surface area contributed by atoms with Crippen LogP contribution in [-0.4, -0.2) is 76.0 Å². The van der Waals surface area contributed by atoms with Crippen LogP contribution in [0.15, 0.2) is 35.3 Å². The Bertz CT molecular complexity index is 701. The molecule has 3 unspecified atom stereocenters. The smallest absolute Gasteiger partial charge is 0.222 e. The fraction of sp³-hybridized carbons (Fsp3) is 0.636. The van der Waals surface area contributed by atoms with E-state index in [4.69, 9.17) is 35.2 Å². The molecule has 1 aromatic carbocycles. The minimum absolute atomic E-state index is 0.0593. The van der Waals surface area contributed by atoms with Crippen LogP contribution in [0.2, 0.25) is 0 Å². The molecule has 0 bridgehead atoms. The van der Waals surface area contributed by atoms with E-state index in [1.807, 2.05) is 44.2 Å². The van der Waals surface area contributed by atoms with Gasteiger partial charge in [0.25, 0.3) is 0 Å². The van der Waals surface area contributed by atoms with Crippen molar-refractivity contribution < 1.29 is 28.5 Å². The summed E-state index contributed by atoms with van der Waals surface area (Å²) in [6.07, 6.45) is -2.00. The molecule has 180 valence electrons. The van der Waals surface area contributed by atoms with Crippen molar-refractivity contribution in [3.8, 4) is 0 Å². The number of guanidine groups is 1. The van der Waals surface area contributed by atoms with Gasteiger partial charge in [-0.15, -0.1) is 0 Å². The third-order valence-corrected chi connectivity index (χ3v) is 4.96. The number of nitrogens with one attached hydrogen (secondary N) is 1. The number of carbonyl (C=O) groups excluding carboxylic acids is 1. The van der Waals surface area contributed by atoms with Crippen LogP contribution in [-0.2, 0) is 35.1 Å². The van der Waals surface area contributed by atoms with Crippen molar-refractivity contribution in [1.82, 2.24) is 5.32 Å². The first-order valence-electron chi connectivity index (χ1n) is 10.9. The number of rotatable bonds is 13. The lowest BCUT2D eigenvalue weighted by Crippen LogP contribution is -2.66. The number of methoxy groups -OCH3 is 1. The predicted octanol–water partition coefficient (Wildman–Crippen LogP) is 0.533. The molecule has 1 heterocycles. The zero-order valence-electron chi connectivity index (χ0n) is 19.1. The van der Waals surface area contributed by atoms with Crippen molar-refractivity contribution in [2.45, 2.75) is 57.5 Å². The average molecular weight is 453 g/mol. The molecule has 1 aliphatic rings. The highest BCUT2D eigenvalue weighted by Gasteiger charge is 2.48. The van der Waals surface area contributed by atoms with Crippen molar-refractivity contribution in [2.24, 2.45) is 16.5 Å². The Hall–Kier alpha value is -2.24. The van der Waals surface area contributed by atoms with Crippen molar-refractivity contribution in [3.63, 3.8) is 0 Å². The molecule has 0 aromatic heterocycles. The Morgan fingerprint density at radius 3 is 2.47 bits per heavy atom. The fourth-order valence-corrected chi connectivity index (χ4v) is 3.59. The molecule has 10 nitrogen and oxygen atoms in total. The third-order valence-electron chi connectivity index (χ3n) is 4.96. The van der Waals surface area contributed by atoms with E-state index in [2.05, 4.69) is 10.3 Å². The maximum Gasteiger partial charge on any atom is 0.222 e. The van der Waals surface area contributed by atoms with E-state index < -0.39 is 30.6 Å². The van der Waals surface area contributed by atoms with Crippen LogP contribution in [0.3, 0.4) is 0 Å². The summed E-state index contributed by atoms with van der Waals surface area (Å²) in [6, 6.07) is 9.30. The van der Waals surface area contributed by atoms with E-state index in [0.717, 1.165) is 5.56 Å². The molecule has 32 heavy (non-hydrogen) atoms. The molecule has 1 aliphatic heterocycles. The molecule has 5 N–H and O–H groups in total. The van der Waals surface area contributed by atoms with Gasteiger partial charge in [0.15, 0.2) is 12.2 Å². The normalized spacial score (nSPS) is 25.3. The Morgan fingerprint density at radius 1 is 1.12 bits per heavy atom. The quantitative estimate of drug-likeness (QED) is 0.291. The molecular formula is C22H36N4O6.